The van der Waals surface area contributed by atoms with E-state index in [0.717, 1.165) is 17.7 Å². The summed E-state index contributed by atoms with van der Waals surface area (Å²) in [5.74, 6) is -1.55. The lowest BCUT2D eigenvalue weighted by atomic mass is 10.2. The number of nitrogens with one attached hydrogen (secondary N) is 1. The van der Waals surface area contributed by atoms with Gasteiger partial charge >= 0.3 is 5.97 Å². The fourth-order valence-electron chi connectivity index (χ4n) is 2.34. The molecule has 0 radical (unpaired) electrons. The van der Waals surface area contributed by atoms with Crippen molar-refractivity contribution in [3.8, 4) is 5.75 Å². The van der Waals surface area contributed by atoms with Crippen LogP contribution in [0.15, 0.2) is 36.4 Å². The second kappa shape index (κ2) is 10.4. The monoisotopic (exact) mass is 424 g/mol. The third-order valence-corrected chi connectivity index (χ3v) is 3.95. The van der Waals surface area contributed by atoms with Crippen molar-refractivity contribution in [3.05, 3.63) is 62.9 Å². The summed E-state index contributed by atoms with van der Waals surface area (Å²) in [6.07, 6.45) is 0.391. The number of anilines is 1. The molecule has 0 bridgehead atoms. The molecule has 154 valence electrons. The number of nitrogens with zero attached hydrogens (tertiary/aromatic N) is 1. The number of amides is 1. The quantitative estimate of drug-likeness (QED) is 0.282. The maximum absolute atomic E-state index is 13.1. The van der Waals surface area contributed by atoms with E-state index in [1.54, 1.807) is 18.2 Å². The lowest BCUT2D eigenvalue weighted by molar-refractivity contribution is -0.384. The lowest BCUT2D eigenvalue weighted by Crippen LogP contribution is -2.21. The normalized spacial score (nSPS) is 10.3. The van der Waals surface area contributed by atoms with Gasteiger partial charge in [0.05, 0.1) is 17.6 Å². The Morgan fingerprint density at radius 1 is 1.24 bits per heavy atom. The van der Waals surface area contributed by atoms with Crippen LogP contribution in [0.1, 0.15) is 18.4 Å². The zero-order valence-corrected chi connectivity index (χ0v) is 16.2. The van der Waals surface area contributed by atoms with Crippen molar-refractivity contribution in [3.63, 3.8) is 0 Å². The molecule has 2 aromatic carbocycles. The third-order valence-electron chi connectivity index (χ3n) is 3.71. The molecule has 0 saturated heterocycles. The highest BCUT2D eigenvalue weighted by Crippen LogP contribution is 2.25. The molecule has 10 heteroatoms. The van der Waals surface area contributed by atoms with Gasteiger partial charge in [0.1, 0.15) is 17.3 Å². The van der Waals surface area contributed by atoms with Gasteiger partial charge in [-0.3, -0.25) is 19.7 Å². The molecule has 2 rings (SSSR count). The number of halogens is 2. The average Bonchev–Trinajstić information content (AvgIpc) is 2.66. The predicted octanol–water partition coefficient (Wildman–Crippen LogP) is 4.04. The van der Waals surface area contributed by atoms with Crippen LogP contribution in [0.3, 0.4) is 0 Å². The molecule has 1 N–H and O–H groups in total. The van der Waals surface area contributed by atoms with Crippen molar-refractivity contribution >= 4 is 34.9 Å². The summed E-state index contributed by atoms with van der Waals surface area (Å²) in [5, 5.41) is 13.7. The Hall–Kier alpha value is -3.20. The van der Waals surface area contributed by atoms with Gasteiger partial charge in [-0.15, -0.1) is 0 Å². The largest absolute Gasteiger partial charge is 0.493 e. The number of ether oxygens (including phenoxy) is 2. The molecule has 0 aliphatic heterocycles. The number of aryl methyl sites for hydroxylation is 1. The van der Waals surface area contributed by atoms with Crippen LogP contribution in [0, 0.1) is 22.9 Å². The van der Waals surface area contributed by atoms with Crippen LogP contribution in [0.5, 0.6) is 5.75 Å². The molecule has 0 unspecified atom stereocenters. The van der Waals surface area contributed by atoms with Crippen LogP contribution in [0.4, 0.5) is 15.8 Å². The van der Waals surface area contributed by atoms with E-state index in [0.29, 0.717) is 23.3 Å². The molecule has 0 atom stereocenters. The fraction of sp³-hybridized carbons (Fsp3) is 0.263. The first kappa shape index (κ1) is 22.1. The third kappa shape index (κ3) is 7.04. The maximum atomic E-state index is 13.1. The zero-order chi connectivity index (χ0) is 21.4. The zero-order valence-electron chi connectivity index (χ0n) is 15.4. The van der Waals surface area contributed by atoms with Crippen LogP contribution < -0.4 is 10.1 Å². The van der Waals surface area contributed by atoms with Crippen LogP contribution in [0.25, 0.3) is 0 Å². The Morgan fingerprint density at radius 3 is 2.69 bits per heavy atom. The van der Waals surface area contributed by atoms with Gasteiger partial charge in [-0.1, -0.05) is 11.6 Å². The van der Waals surface area contributed by atoms with Crippen molar-refractivity contribution in [1.82, 2.24) is 0 Å². The van der Waals surface area contributed by atoms with E-state index in [1.807, 2.05) is 6.92 Å². The molecule has 0 aliphatic rings. The van der Waals surface area contributed by atoms with Crippen LogP contribution in [-0.2, 0) is 14.3 Å². The maximum Gasteiger partial charge on any atom is 0.306 e. The molecule has 8 nitrogen and oxygen atoms in total. The Morgan fingerprint density at radius 2 is 2.00 bits per heavy atom. The van der Waals surface area contributed by atoms with E-state index in [9.17, 15) is 24.1 Å². The molecular formula is C19H18ClFN2O6. The molecule has 29 heavy (non-hydrogen) atoms. The minimum atomic E-state index is -0.826. The van der Waals surface area contributed by atoms with E-state index in [4.69, 9.17) is 21.1 Å². The topological polar surface area (TPSA) is 108 Å². The van der Waals surface area contributed by atoms with Gasteiger partial charge in [0.15, 0.2) is 6.61 Å². The van der Waals surface area contributed by atoms with E-state index in [1.165, 1.54) is 0 Å². The van der Waals surface area contributed by atoms with Gasteiger partial charge in [-0.05, 0) is 49.2 Å². The van der Waals surface area contributed by atoms with Gasteiger partial charge in [0.2, 0.25) is 0 Å². The summed E-state index contributed by atoms with van der Waals surface area (Å²) in [6.45, 7) is 1.50. The summed E-state index contributed by atoms with van der Waals surface area (Å²) in [4.78, 5) is 33.6. The molecule has 0 aromatic heterocycles. The number of carbonyl (C=O) groups excluding carboxylic acids is 2. The first-order chi connectivity index (χ1) is 13.8. The standard InChI is InChI=1S/C19H18ClFN2O6/c1-12-9-13(20)4-7-17(12)28-8-2-3-19(25)29-11-18(24)22-15-6-5-14(21)10-16(15)23(26)27/h4-7,9-10H,2-3,8,11H2,1H3,(H,22,24). The number of rotatable bonds is 9. The van der Waals surface area contributed by atoms with Gasteiger partial charge in [0, 0.05) is 11.4 Å². The van der Waals surface area contributed by atoms with Crippen molar-refractivity contribution in [2.75, 3.05) is 18.5 Å². The molecule has 0 aliphatic carbocycles. The highest BCUT2D eigenvalue weighted by molar-refractivity contribution is 6.30. The summed E-state index contributed by atoms with van der Waals surface area (Å²) < 4.78 is 23.5. The Bertz CT molecular complexity index is 922. The highest BCUT2D eigenvalue weighted by atomic mass is 35.5. The number of nitro groups is 1. The number of hydrogen-bond acceptors (Lipinski definition) is 6. The van der Waals surface area contributed by atoms with Gasteiger partial charge in [0.25, 0.3) is 11.6 Å². The highest BCUT2D eigenvalue weighted by Gasteiger charge is 2.17. The molecule has 0 saturated carbocycles. The molecule has 0 heterocycles. The number of esters is 1. The molecule has 1 amide bonds. The smallest absolute Gasteiger partial charge is 0.306 e. The number of hydrogen-bond donors (Lipinski definition) is 1. The fourth-order valence-corrected chi connectivity index (χ4v) is 2.57. The first-order valence-corrected chi connectivity index (χ1v) is 8.92. The second-order valence-corrected chi connectivity index (χ2v) is 6.43. The van der Waals surface area contributed by atoms with E-state index < -0.39 is 34.9 Å². The van der Waals surface area contributed by atoms with Crippen LogP contribution in [0.2, 0.25) is 5.02 Å². The number of nitro benzene ring substituents is 1. The summed E-state index contributed by atoms with van der Waals surface area (Å²) in [5.41, 5.74) is 0.0788. The van der Waals surface area contributed by atoms with Gasteiger partial charge < -0.3 is 14.8 Å². The van der Waals surface area contributed by atoms with Gasteiger partial charge in [-0.25, -0.2) is 4.39 Å². The van der Waals surface area contributed by atoms with Gasteiger partial charge in [-0.2, -0.15) is 0 Å². The van der Waals surface area contributed by atoms with E-state index in [2.05, 4.69) is 5.32 Å². The predicted molar refractivity (Wildman–Crippen MR) is 104 cm³/mol. The SMILES string of the molecule is Cc1cc(Cl)ccc1OCCCC(=O)OCC(=O)Nc1ccc(F)cc1[N+](=O)[O-]. The molecular weight excluding hydrogens is 407 g/mol. The summed E-state index contributed by atoms with van der Waals surface area (Å²) >= 11 is 5.86. The lowest BCUT2D eigenvalue weighted by Gasteiger charge is -2.09. The van der Waals surface area contributed by atoms with Crippen molar-refractivity contribution in [2.45, 2.75) is 19.8 Å². The minimum Gasteiger partial charge on any atom is -0.493 e. The van der Waals surface area contributed by atoms with Crippen molar-refractivity contribution in [1.29, 1.82) is 0 Å². The second-order valence-electron chi connectivity index (χ2n) is 5.99. The van der Waals surface area contributed by atoms with Crippen molar-refractivity contribution < 1.29 is 28.4 Å². The average molecular weight is 425 g/mol. The Kier molecular flexibility index (Phi) is 7.90. The van der Waals surface area contributed by atoms with Crippen LogP contribution >= 0.6 is 11.6 Å². The summed E-state index contributed by atoms with van der Waals surface area (Å²) in [7, 11) is 0. The number of benzene rings is 2. The number of carbonyl (C=O) groups is 2. The summed E-state index contributed by atoms with van der Waals surface area (Å²) in [6, 6.07) is 7.90. The molecule has 2 aromatic rings. The van der Waals surface area contributed by atoms with Crippen LogP contribution in [-0.4, -0.2) is 30.0 Å². The van der Waals surface area contributed by atoms with E-state index in [-0.39, 0.29) is 18.7 Å². The molecule has 0 spiro atoms. The Labute approximate surface area is 170 Å². The van der Waals surface area contributed by atoms with Crippen molar-refractivity contribution in [2.24, 2.45) is 0 Å². The Balaban J connectivity index is 1.72. The first-order valence-electron chi connectivity index (χ1n) is 8.54. The minimum absolute atomic E-state index is 0.0244. The van der Waals surface area contributed by atoms with E-state index >= 15 is 0 Å². The molecule has 0 fully saturated rings.